The van der Waals surface area contributed by atoms with Gasteiger partial charge in [-0.3, -0.25) is 19.8 Å². The highest BCUT2D eigenvalue weighted by Crippen LogP contribution is 2.28. The highest BCUT2D eigenvalue weighted by molar-refractivity contribution is 6.13. The van der Waals surface area contributed by atoms with Crippen LogP contribution in [0.25, 0.3) is 6.08 Å². The second-order valence-corrected chi connectivity index (χ2v) is 4.06. The third kappa shape index (κ3) is 2.30. The van der Waals surface area contributed by atoms with E-state index in [9.17, 15) is 20.0 Å². The number of amidine groups is 1. The number of nitro benzene ring substituents is 1. The Morgan fingerprint density at radius 1 is 1.47 bits per heavy atom. The first-order valence-corrected chi connectivity index (χ1v) is 5.42. The highest BCUT2D eigenvalue weighted by atomic mass is 16.6. The van der Waals surface area contributed by atoms with Crippen LogP contribution in [0.2, 0.25) is 0 Å². The van der Waals surface area contributed by atoms with Gasteiger partial charge in [-0.15, -0.1) is 0 Å². The van der Waals surface area contributed by atoms with Crippen molar-refractivity contribution < 1.29 is 14.8 Å². The lowest BCUT2D eigenvalue weighted by Gasteiger charge is -2.06. The average molecular weight is 261 g/mol. The smallest absolute Gasteiger partial charge is 0.311 e. The van der Waals surface area contributed by atoms with E-state index < -0.39 is 16.4 Å². The second kappa shape index (κ2) is 4.52. The molecule has 98 valence electrons. The Balaban J connectivity index is 2.42. The van der Waals surface area contributed by atoms with Crippen molar-refractivity contribution in [2.24, 2.45) is 4.99 Å². The number of phenolic OH excluding ortho intramolecular Hbond substituents is 1. The zero-order chi connectivity index (χ0) is 14.2. The van der Waals surface area contributed by atoms with Crippen LogP contribution >= 0.6 is 0 Å². The normalized spacial score (nSPS) is 16.9. The molecular weight excluding hydrogens is 250 g/mol. The van der Waals surface area contributed by atoms with Crippen LogP contribution in [0.3, 0.4) is 0 Å². The van der Waals surface area contributed by atoms with Crippen molar-refractivity contribution in [2.45, 2.75) is 6.92 Å². The van der Waals surface area contributed by atoms with Gasteiger partial charge in [0.1, 0.15) is 11.5 Å². The summed E-state index contributed by atoms with van der Waals surface area (Å²) < 4.78 is 0. The average Bonchev–Trinajstić information content (AvgIpc) is 2.59. The van der Waals surface area contributed by atoms with E-state index in [1.165, 1.54) is 29.2 Å². The standard InChI is InChI=1S/C12H11N3O4/c1-7-13-9(12(17)14(7)2)5-8-3-4-11(16)10(6-8)15(18)19/h3-6,16H,1-2H3/b9-5-. The van der Waals surface area contributed by atoms with E-state index in [-0.39, 0.29) is 11.6 Å². The molecule has 0 fully saturated rings. The lowest BCUT2D eigenvalue weighted by atomic mass is 10.1. The topological polar surface area (TPSA) is 96.0 Å². The molecule has 0 aromatic heterocycles. The molecule has 19 heavy (non-hydrogen) atoms. The lowest BCUT2D eigenvalue weighted by molar-refractivity contribution is -0.385. The summed E-state index contributed by atoms with van der Waals surface area (Å²) in [7, 11) is 1.60. The maximum absolute atomic E-state index is 11.8. The quantitative estimate of drug-likeness (QED) is 0.496. The Morgan fingerprint density at radius 2 is 2.16 bits per heavy atom. The molecule has 0 unspecified atom stereocenters. The maximum Gasteiger partial charge on any atom is 0.311 e. The van der Waals surface area contributed by atoms with Gasteiger partial charge in [0.05, 0.1) is 4.92 Å². The molecule has 1 amide bonds. The van der Waals surface area contributed by atoms with Gasteiger partial charge in [-0.2, -0.15) is 0 Å². The summed E-state index contributed by atoms with van der Waals surface area (Å²) in [6, 6.07) is 3.88. The van der Waals surface area contributed by atoms with Crippen molar-refractivity contribution in [3.8, 4) is 5.75 Å². The third-order valence-corrected chi connectivity index (χ3v) is 2.79. The maximum atomic E-state index is 11.8. The molecule has 0 spiro atoms. The Labute approximate surface area is 108 Å². The first kappa shape index (κ1) is 12.7. The van der Waals surface area contributed by atoms with Gasteiger partial charge in [-0.05, 0) is 24.6 Å². The molecule has 0 bridgehead atoms. The molecule has 0 radical (unpaired) electrons. The molecular formula is C12H11N3O4. The van der Waals surface area contributed by atoms with E-state index in [1.807, 2.05) is 0 Å². The number of nitrogens with zero attached hydrogens (tertiary/aromatic N) is 3. The summed E-state index contributed by atoms with van der Waals surface area (Å²) in [5, 5.41) is 20.0. The number of aromatic hydroxyl groups is 1. The fourth-order valence-electron chi connectivity index (χ4n) is 1.64. The number of likely N-dealkylation sites (N-methyl/N-ethyl adjacent to an activating group) is 1. The third-order valence-electron chi connectivity index (χ3n) is 2.79. The van der Waals surface area contributed by atoms with Crippen molar-refractivity contribution in [2.75, 3.05) is 7.05 Å². The highest BCUT2D eigenvalue weighted by Gasteiger charge is 2.24. The molecule has 0 aliphatic carbocycles. The van der Waals surface area contributed by atoms with Gasteiger partial charge in [-0.1, -0.05) is 6.07 Å². The van der Waals surface area contributed by atoms with Crippen LogP contribution < -0.4 is 0 Å². The molecule has 1 aliphatic heterocycles. The minimum atomic E-state index is -0.686. The molecule has 7 nitrogen and oxygen atoms in total. The number of nitro groups is 1. The molecule has 1 N–H and O–H groups in total. The first-order chi connectivity index (χ1) is 8.90. The largest absolute Gasteiger partial charge is 0.502 e. The molecule has 0 saturated carbocycles. The fraction of sp³-hybridized carbons (Fsp3) is 0.167. The van der Waals surface area contributed by atoms with Crippen LogP contribution in [-0.4, -0.2) is 33.7 Å². The summed E-state index contributed by atoms with van der Waals surface area (Å²) in [4.78, 5) is 27.2. The first-order valence-electron chi connectivity index (χ1n) is 5.42. The zero-order valence-corrected chi connectivity index (χ0v) is 10.3. The fourth-order valence-corrected chi connectivity index (χ4v) is 1.64. The number of hydrogen-bond acceptors (Lipinski definition) is 5. The van der Waals surface area contributed by atoms with Crippen LogP contribution in [0.15, 0.2) is 28.9 Å². The Morgan fingerprint density at radius 3 is 2.68 bits per heavy atom. The van der Waals surface area contributed by atoms with E-state index in [4.69, 9.17) is 0 Å². The number of carbonyl (C=O) groups is 1. The molecule has 1 aromatic carbocycles. The SMILES string of the molecule is CC1=N/C(=C\c2ccc(O)c([N+](=O)[O-])c2)C(=O)N1C. The van der Waals surface area contributed by atoms with E-state index in [2.05, 4.69) is 4.99 Å². The monoisotopic (exact) mass is 261 g/mol. The number of benzene rings is 1. The predicted molar refractivity (Wildman–Crippen MR) is 68.6 cm³/mol. The number of rotatable bonds is 2. The van der Waals surface area contributed by atoms with Gasteiger partial charge in [0.15, 0.2) is 5.75 Å². The van der Waals surface area contributed by atoms with E-state index >= 15 is 0 Å². The van der Waals surface area contributed by atoms with Crippen LogP contribution in [0.1, 0.15) is 12.5 Å². The van der Waals surface area contributed by atoms with Gasteiger partial charge < -0.3 is 5.11 Å². The Bertz CT molecular complexity index is 634. The molecule has 1 heterocycles. The molecule has 2 rings (SSSR count). The minimum Gasteiger partial charge on any atom is -0.502 e. The van der Waals surface area contributed by atoms with Gasteiger partial charge in [0.2, 0.25) is 0 Å². The molecule has 1 aromatic rings. The van der Waals surface area contributed by atoms with Gasteiger partial charge in [0, 0.05) is 13.1 Å². The van der Waals surface area contributed by atoms with Crippen LogP contribution in [0.4, 0.5) is 5.69 Å². The van der Waals surface area contributed by atoms with E-state index in [1.54, 1.807) is 14.0 Å². The lowest BCUT2D eigenvalue weighted by Crippen LogP contribution is -2.25. The van der Waals surface area contributed by atoms with Crippen LogP contribution in [0.5, 0.6) is 5.75 Å². The van der Waals surface area contributed by atoms with Crippen LogP contribution in [-0.2, 0) is 4.79 Å². The molecule has 1 aliphatic rings. The van der Waals surface area contributed by atoms with Crippen molar-refractivity contribution in [3.63, 3.8) is 0 Å². The van der Waals surface area contributed by atoms with Crippen molar-refractivity contribution in [1.29, 1.82) is 0 Å². The second-order valence-electron chi connectivity index (χ2n) is 4.06. The number of aliphatic imine (C=N–C) groups is 1. The van der Waals surface area contributed by atoms with E-state index in [0.717, 1.165) is 0 Å². The van der Waals surface area contributed by atoms with Crippen molar-refractivity contribution >= 4 is 23.5 Å². The minimum absolute atomic E-state index is 0.208. The summed E-state index contributed by atoms with van der Waals surface area (Å²) >= 11 is 0. The van der Waals surface area contributed by atoms with Gasteiger partial charge in [-0.25, -0.2) is 4.99 Å². The van der Waals surface area contributed by atoms with Crippen molar-refractivity contribution in [1.82, 2.24) is 4.90 Å². The van der Waals surface area contributed by atoms with Gasteiger partial charge in [0.25, 0.3) is 5.91 Å². The van der Waals surface area contributed by atoms with E-state index in [0.29, 0.717) is 11.4 Å². The summed E-state index contributed by atoms with van der Waals surface area (Å²) in [5.74, 6) is -0.126. The number of amides is 1. The Kier molecular flexibility index (Phi) is 3.04. The van der Waals surface area contributed by atoms with Crippen molar-refractivity contribution in [3.05, 3.63) is 39.6 Å². The summed E-state index contributed by atoms with van der Waals surface area (Å²) in [5.41, 5.74) is 0.230. The molecule has 7 heteroatoms. The number of phenols is 1. The summed E-state index contributed by atoms with van der Waals surface area (Å²) in [6.45, 7) is 1.69. The predicted octanol–water partition coefficient (Wildman–Crippen LogP) is 1.53. The van der Waals surface area contributed by atoms with Crippen LogP contribution in [0, 0.1) is 10.1 Å². The summed E-state index contributed by atoms with van der Waals surface area (Å²) in [6.07, 6.45) is 1.45. The number of carbonyl (C=O) groups excluding carboxylic acids is 1. The molecule has 0 atom stereocenters. The van der Waals surface area contributed by atoms with Gasteiger partial charge >= 0.3 is 5.69 Å². The molecule has 0 saturated heterocycles. The Hall–Kier alpha value is -2.70. The number of hydrogen-bond donors (Lipinski definition) is 1. The zero-order valence-electron chi connectivity index (χ0n) is 10.3.